The quantitative estimate of drug-likeness (QED) is 0.496. The van der Waals surface area contributed by atoms with E-state index < -0.39 is 40.2 Å². The third-order valence-electron chi connectivity index (χ3n) is 4.53. The minimum atomic E-state index is -4.53. The van der Waals surface area contributed by atoms with E-state index >= 15 is 0 Å². The van der Waals surface area contributed by atoms with E-state index in [0.29, 0.717) is 0 Å². The Labute approximate surface area is 193 Å². The molecule has 1 N–H and O–H groups in total. The van der Waals surface area contributed by atoms with Crippen molar-refractivity contribution in [2.24, 2.45) is 0 Å². The molecule has 0 saturated heterocycles. The number of benzene rings is 2. The Bertz CT molecular complexity index is 1300. The van der Waals surface area contributed by atoms with Crippen molar-refractivity contribution in [3.63, 3.8) is 0 Å². The summed E-state index contributed by atoms with van der Waals surface area (Å²) in [4.78, 5) is 24.2. The highest BCUT2D eigenvalue weighted by molar-refractivity contribution is 7.89. The number of furan rings is 1. The first kappa shape index (κ1) is 25.0. The second-order valence-corrected chi connectivity index (χ2v) is 9.33. The van der Waals surface area contributed by atoms with Crippen LogP contribution in [0, 0.1) is 0 Å². The summed E-state index contributed by atoms with van der Waals surface area (Å²) in [6.45, 7) is -0.670. The summed E-state index contributed by atoms with van der Waals surface area (Å²) in [5.41, 5.74) is -0.468. The molecule has 12 heteroatoms. The molecule has 1 amide bonds. The first-order chi connectivity index (χ1) is 15.9. The van der Waals surface area contributed by atoms with Gasteiger partial charge in [-0.15, -0.1) is 0 Å². The van der Waals surface area contributed by atoms with E-state index in [9.17, 15) is 31.2 Å². The van der Waals surface area contributed by atoms with E-state index in [-0.39, 0.29) is 27.7 Å². The molecule has 0 spiro atoms. The molecule has 1 aromatic heterocycles. The van der Waals surface area contributed by atoms with Gasteiger partial charge < -0.3 is 14.5 Å². The third-order valence-corrected chi connectivity index (χ3v) is 6.36. The Balaban J connectivity index is 1.58. The first-order valence-corrected chi connectivity index (χ1v) is 11.1. The van der Waals surface area contributed by atoms with Crippen LogP contribution < -0.4 is 5.32 Å². The second-order valence-electron chi connectivity index (χ2n) is 7.18. The van der Waals surface area contributed by atoms with Crippen molar-refractivity contribution in [3.8, 4) is 11.3 Å². The highest BCUT2D eigenvalue weighted by atomic mass is 32.2. The van der Waals surface area contributed by atoms with Crippen LogP contribution in [0.1, 0.15) is 16.1 Å². The zero-order valence-electron chi connectivity index (χ0n) is 17.9. The van der Waals surface area contributed by atoms with Gasteiger partial charge in [0, 0.05) is 25.3 Å². The van der Waals surface area contributed by atoms with Crippen LogP contribution in [0.25, 0.3) is 11.3 Å². The molecule has 2 aromatic carbocycles. The number of nitrogens with zero attached hydrogens (tertiary/aromatic N) is 1. The number of nitrogens with one attached hydrogen (secondary N) is 1. The second kappa shape index (κ2) is 9.69. The van der Waals surface area contributed by atoms with Crippen LogP contribution >= 0.6 is 0 Å². The summed E-state index contributed by atoms with van der Waals surface area (Å²) in [5.74, 6) is -1.95. The fourth-order valence-electron chi connectivity index (χ4n) is 2.77. The van der Waals surface area contributed by atoms with Gasteiger partial charge in [0.1, 0.15) is 5.76 Å². The number of amides is 1. The smallest absolute Gasteiger partial charge is 0.416 e. The lowest BCUT2D eigenvalue weighted by molar-refractivity contribution is -0.137. The number of carbonyl (C=O) groups is 2. The standard InChI is InChI=1S/C22H19F3N2O6S/c1-27(2)34(30,31)17-8-6-16(7-9-17)26-20(28)13-32-21(29)19-11-10-18(33-19)14-4-3-5-15(12-14)22(23,24)25/h3-12H,13H2,1-2H3,(H,26,28). The third kappa shape index (κ3) is 5.83. The van der Waals surface area contributed by atoms with Gasteiger partial charge in [0.25, 0.3) is 5.91 Å². The monoisotopic (exact) mass is 496 g/mol. The number of alkyl halides is 3. The van der Waals surface area contributed by atoms with E-state index in [1.165, 1.54) is 62.6 Å². The number of rotatable bonds is 7. The van der Waals surface area contributed by atoms with E-state index in [1.54, 1.807) is 0 Å². The van der Waals surface area contributed by atoms with Gasteiger partial charge in [0.2, 0.25) is 15.8 Å². The molecule has 0 fully saturated rings. The minimum absolute atomic E-state index is 0.0234. The number of ether oxygens (including phenoxy) is 1. The highest BCUT2D eigenvalue weighted by Crippen LogP contribution is 2.32. The molecule has 0 unspecified atom stereocenters. The molecule has 3 aromatic rings. The largest absolute Gasteiger partial charge is 0.450 e. The average Bonchev–Trinajstić information content (AvgIpc) is 3.28. The first-order valence-electron chi connectivity index (χ1n) is 9.65. The zero-order chi connectivity index (χ0) is 25.1. The van der Waals surface area contributed by atoms with Gasteiger partial charge in [0.15, 0.2) is 6.61 Å². The van der Waals surface area contributed by atoms with Crippen molar-refractivity contribution < 1.29 is 40.3 Å². The lowest BCUT2D eigenvalue weighted by Gasteiger charge is -2.12. The number of sulfonamides is 1. The van der Waals surface area contributed by atoms with Gasteiger partial charge in [-0.1, -0.05) is 12.1 Å². The van der Waals surface area contributed by atoms with Crippen molar-refractivity contribution in [2.45, 2.75) is 11.1 Å². The van der Waals surface area contributed by atoms with Gasteiger partial charge in [-0.3, -0.25) is 4.79 Å². The van der Waals surface area contributed by atoms with E-state index in [0.717, 1.165) is 16.4 Å². The minimum Gasteiger partial charge on any atom is -0.450 e. The van der Waals surface area contributed by atoms with Crippen molar-refractivity contribution in [1.29, 1.82) is 0 Å². The van der Waals surface area contributed by atoms with Crippen molar-refractivity contribution >= 4 is 27.6 Å². The normalized spacial score (nSPS) is 11.9. The maximum atomic E-state index is 12.9. The Kier molecular flexibility index (Phi) is 7.12. The Hall–Kier alpha value is -3.64. The van der Waals surface area contributed by atoms with Gasteiger partial charge in [0.05, 0.1) is 10.5 Å². The Morgan fingerprint density at radius 1 is 1.03 bits per heavy atom. The molecule has 180 valence electrons. The van der Waals surface area contributed by atoms with E-state index in [4.69, 9.17) is 9.15 Å². The van der Waals surface area contributed by atoms with Crippen LogP contribution in [-0.4, -0.2) is 45.3 Å². The van der Waals surface area contributed by atoms with Gasteiger partial charge in [-0.25, -0.2) is 17.5 Å². The number of hydrogen-bond acceptors (Lipinski definition) is 6. The predicted molar refractivity (Wildman–Crippen MR) is 115 cm³/mol. The lowest BCUT2D eigenvalue weighted by atomic mass is 10.1. The topological polar surface area (TPSA) is 106 Å². The van der Waals surface area contributed by atoms with E-state index in [2.05, 4.69) is 5.32 Å². The number of hydrogen-bond donors (Lipinski definition) is 1. The molecular formula is C22H19F3N2O6S. The van der Waals surface area contributed by atoms with Crippen LogP contribution in [-0.2, 0) is 25.7 Å². The molecular weight excluding hydrogens is 477 g/mol. The van der Waals surface area contributed by atoms with Gasteiger partial charge in [-0.2, -0.15) is 13.2 Å². The molecule has 0 aliphatic heterocycles. The summed E-state index contributed by atoms with van der Waals surface area (Å²) in [7, 11) is -0.837. The number of anilines is 1. The molecule has 34 heavy (non-hydrogen) atoms. The maximum Gasteiger partial charge on any atom is 0.416 e. The molecule has 0 radical (unpaired) electrons. The van der Waals surface area contributed by atoms with Crippen LogP contribution in [0.3, 0.4) is 0 Å². The maximum absolute atomic E-state index is 12.9. The zero-order valence-corrected chi connectivity index (χ0v) is 18.7. The summed E-state index contributed by atoms with van der Waals surface area (Å²) in [5, 5.41) is 2.45. The molecule has 0 aliphatic carbocycles. The highest BCUT2D eigenvalue weighted by Gasteiger charge is 2.30. The molecule has 8 nitrogen and oxygen atoms in total. The molecule has 1 heterocycles. The van der Waals surface area contributed by atoms with Crippen molar-refractivity contribution in [2.75, 3.05) is 26.0 Å². The lowest BCUT2D eigenvalue weighted by Crippen LogP contribution is -2.22. The molecule has 0 atom stereocenters. The summed E-state index contributed by atoms with van der Waals surface area (Å²) >= 11 is 0. The van der Waals surface area contributed by atoms with Crippen LogP contribution in [0.2, 0.25) is 0 Å². The fourth-order valence-corrected chi connectivity index (χ4v) is 3.67. The number of esters is 1. The van der Waals surface area contributed by atoms with Crippen LogP contribution in [0.15, 0.2) is 70.0 Å². The average molecular weight is 496 g/mol. The van der Waals surface area contributed by atoms with Gasteiger partial charge in [-0.05, 0) is 48.5 Å². The summed E-state index contributed by atoms with van der Waals surface area (Å²) < 4.78 is 74.0. The fraction of sp³-hybridized carbons (Fsp3) is 0.182. The molecule has 0 bridgehead atoms. The van der Waals surface area contributed by atoms with E-state index in [1.807, 2.05) is 0 Å². The van der Waals surface area contributed by atoms with Crippen molar-refractivity contribution in [1.82, 2.24) is 4.31 Å². The number of carbonyl (C=O) groups excluding carboxylic acids is 2. The Morgan fingerprint density at radius 3 is 2.32 bits per heavy atom. The van der Waals surface area contributed by atoms with Crippen LogP contribution in [0.5, 0.6) is 0 Å². The Morgan fingerprint density at radius 2 is 1.71 bits per heavy atom. The molecule has 0 aliphatic rings. The summed E-state index contributed by atoms with van der Waals surface area (Å²) in [6, 6.07) is 12.3. The van der Waals surface area contributed by atoms with Gasteiger partial charge >= 0.3 is 12.1 Å². The van der Waals surface area contributed by atoms with Crippen molar-refractivity contribution in [3.05, 3.63) is 72.0 Å². The molecule has 3 rings (SSSR count). The van der Waals surface area contributed by atoms with Crippen LogP contribution in [0.4, 0.5) is 18.9 Å². The number of halogens is 3. The summed E-state index contributed by atoms with van der Waals surface area (Å²) in [6.07, 6.45) is -4.53. The molecule has 0 saturated carbocycles. The SMILES string of the molecule is CN(C)S(=O)(=O)c1ccc(NC(=O)COC(=O)c2ccc(-c3cccc(C(F)(F)F)c3)o2)cc1. The predicted octanol–water partition coefficient (Wildman–Crippen LogP) is 4.01.